The van der Waals surface area contributed by atoms with E-state index in [1.54, 1.807) is 0 Å². The molecule has 1 aromatic rings. The van der Waals surface area contributed by atoms with E-state index in [9.17, 15) is 9.59 Å². The van der Waals surface area contributed by atoms with Gasteiger partial charge in [0.2, 0.25) is 0 Å². The number of esters is 2. The maximum absolute atomic E-state index is 13.4. The second-order valence-corrected chi connectivity index (χ2v) is 25.7. The van der Waals surface area contributed by atoms with Gasteiger partial charge in [-0.1, -0.05) is 85.1 Å². The van der Waals surface area contributed by atoms with Crippen LogP contribution in [0.5, 0.6) is 11.5 Å². The Morgan fingerprint density at radius 3 is 1.73 bits per heavy atom. The van der Waals surface area contributed by atoms with E-state index in [-0.39, 0.29) is 35.1 Å². The second kappa shape index (κ2) is 15.7. The van der Waals surface area contributed by atoms with Crippen LogP contribution in [0.3, 0.4) is 0 Å². The molecule has 1 aliphatic carbocycles. The van der Waals surface area contributed by atoms with Gasteiger partial charge in [-0.2, -0.15) is 0 Å². The Hall–Kier alpha value is -2.01. The third-order valence-corrected chi connectivity index (χ3v) is 19.1. The van der Waals surface area contributed by atoms with Crippen LogP contribution in [0, 0.1) is 5.92 Å². The average molecular weight is 659 g/mol. The molecule has 8 heteroatoms. The smallest absolute Gasteiger partial charge is 0.336 e. The summed E-state index contributed by atoms with van der Waals surface area (Å²) < 4.78 is 24.8. The Kier molecular flexibility index (Phi) is 13.7. The van der Waals surface area contributed by atoms with Crippen LogP contribution in [0.15, 0.2) is 35.9 Å². The van der Waals surface area contributed by atoms with Crippen LogP contribution in [0.25, 0.3) is 0 Å². The Morgan fingerprint density at radius 1 is 0.867 bits per heavy atom. The van der Waals surface area contributed by atoms with Crippen LogP contribution in [0.4, 0.5) is 0 Å². The fourth-order valence-electron chi connectivity index (χ4n) is 5.00. The molecule has 45 heavy (non-hydrogen) atoms. The maximum atomic E-state index is 13.4. The van der Waals surface area contributed by atoms with Gasteiger partial charge in [-0.25, -0.2) is 9.59 Å². The van der Waals surface area contributed by atoms with E-state index in [0.717, 1.165) is 49.7 Å². The van der Waals surface area contributed by atoms with E-state index in [0.29, 0.717) is 17.1 Å². The fourth-order valence-corrected chi connectivity index (χ4v) is 6.82. The van der Waals surface area contributed by atoms with Crippen molar-refractivity contribution in [2.75, 3.05) is 13.2 Å². The zero-order valence-corrected chi connectivity index (χ0v) is 32.7. The predicted octanol–water partition coefficient (Wildman–Crippen LogP) is 10.3. The van der Waals surface area contributed by atoms with Crippen molar-refractivity contribution in [3.63, 3.8) is 0 Å². The summed E-state index contributed by atoms with van der Waals surface area (Å²) in [7, 11) is -4.34. The Labute approximate surface area is 276 Å². The zero-order chi connectivity index (χ0) is 34.4. The highest BCUT2D eigenvalue weighted by Crippen LogP contribution is 2.48. The van der Waals surface area contributed by atoms with Gasteiger partial charge in [0.1, 0.15) is 24.7 Å². The van der Waals surface area contributed by atoms with Gasteiger partial charge in [0, 0.05) is 11.5 Å². The molecule has 0 unspecified atom stereocenters. The van der Waals surface area contributed by atoms with Crippen molar-refractivity contribution < 1.29 is 27.9 Å². The number of benzene rings is 1. The molecule has 254 valence electrons. The van der Waals surface area contributed by atoms with Crippen LogP contribution in [-0.4, -0.2) is 41.8 Å². The van der Waals surface area contributed by atoms with Gasteiger partial charge in [-0.15, -0.1) is 0 Å². The van der Waals surface area contributed by atoms with Crippen molar-refractivity contribution in [2.45, 2.75) is 143 Å². The first-order valence-electron chi connectivity index (χ1n) is 16.8. The summed E-state index contributed by atoms with van der Waals surface area (Å²) in [5.41, 5.74) is 3.98. The standard InChI is InChI=1S/C37H62O6Si2/c1-15-16-17-18-28-22-31(42-33(38)24-40-44(11,12)36(5,6)7)35(30-21-27(4)19-20-29(30)26(2)3)32(23-28)43-34(39)25-41-45(13,14)37(8,9)10/h21-23,29-30H,2,15-20,24-25H2,1,3-14H3/t29-,30+/m0/s1. The molecule has 0 fully saturated rings. The van der Waals surface area contributed by atoms with Gasteiger partial charge in [-0.3, -0.25) is 0 Å². The van der Waals surface area contributed by atoms with E-state index in [1.807, 2.05) is 19.1 Å². The van der Waals surface area contributed by atoms with Crippen molar-refractivity contribution >= 4 is 28.6 Å². The number of ether oxygens (including phenoxy) is 2. The topological polar surface area (TPSA) is 71.1 Å². The number of rotatable bonds is 14. The molecule has 0 aromatic heterocycles. The number of hydrogen-bond donors (Lipinski definition) is 0. The molecule has 6 nitrogen and oxygen atoms in total. The predicted molar refractivity (Wildman–Crippen MR) is 191 cm³/mol. The minimum Gasteiger partial charge on any atom is -0.424 e. The van der Waals surface area contributed by atoms with Crippen LogP contribution in [0.1, 0.15) is 111 Å². The fraction of sp³-hybridized carbons (Fsp3) is 0.676. The summed E-state index contributed by atoms with van der Waals surface area (Å²) in [5, 5.41) is -0.0742. The second-order valence-electron chi connectivity index (χ2n) is 16.0. The summed E-state index contributed by atoms with van der Waals surface area (Å²) in [4.78, 5) is 26.9. The largest absolute Gasteiger partial charge is 0.424 e. The van der Waals surface area contributed by atoms with Crippen LogP contribution in [0.2, 0.25) is 36.3 Å². The minimum atomic E-state index is -2.17. The lowest BCUT2D eigenvalue weighted by molar-refractivity contribution is -0.137. The molecule has 2 rings (SSSR count). The molecule has 0 bridgehead atoms. The van der Waals surface area contributed by atoms with Crippen LogP contribution in [-0.2, 0) is 24.9 Å². The maximum Gasteiger partial charge on any atom is 0.336 e. The first-order chi connectivity index (χ1) is 20.6. The average Bonchev–Trinajstić information content (AvgIpc) is 2.89. The van der Waals surface area contributed by atoms with Gasteiger partial charge < -0.3 is 18.3 Å². The first kappa shape index (κ1) is 39.2. The van der Waals surface area contributed by atoms with E-state index in [4.69, 9.17) is 18.3 Å². The molecule has 0 saturated carbocycles. The summed E-state index contributed by atoms with van der Waals surface area (Å²) >= 11 is 0. The van der Waals surface area contributed by atoms with Crippen molar-refractivity contribution in [3.05, 3.63) is 47.1 Å². The van der Waals surface area contributed by atoms with Crippen molar-refractivity contribution in [3.8, 4) is 11.5 Å². The molecule has 0 amide bonds. The highest BCUT2D eigenvalue weighted by Gasteiger charge is 2.39. The number of carbonyl (C=O) groups excluding carboxylic acids is 2. The van der Waals surface area contributed by atoms with E-state index < -0.39 is 28.6 Å². The van der Waals surface area contributed by atoms with E-state index >= 15 is 0 Å². The third-order valence-electron chi connectivity index (χ3n) is 10.1. The Morgan fingerprint density at radius 2 is 1.33 bits per heavy atom. The van der Waals surface area contributed by atoms with Gasteiger partial charge in [0.15, 0.2) is 16.6 Å². The number of aryl methyl sites for hydroxylation is 1. The Bertz CT molecular complexity index is 1170. The molecular weight excluding hydrogens is 597 g/mol. The molecule has 1 aliphatic rings. The van der Waals surface area contributed by atoms with Gasteiger partial charge in [0.05, 0.1) is 0 Å². The summed E-state index contributed by atoms with van der Waals surface area (Å²) in [6.07, 6.45) is 8.04. The number of carbonyl (C=O) groups is 2. The minimum absolute atomic E-state index is 0.0371. The SMILES string of the molecule is C=C(C)[C@@H]1CCC(C)=C[C@H]1c1c(OC(=O)CO[Si](C)(C)C(C)(C)C)cc(CCCCC)cc1OC(=O)CO[Si](C)(C)C(C)(C)C. The highest BCUT2D eigenvalue weighted by molar-refractivity contribution is 6.74. The first-order valence-corrected chi connectivity index (χ1v) is 22.6. The molecule has 0 radical (unpaired) electrons. The summed E-state index contributed by atoms with van der Waals surface area (Å²) in [6, 6.07) is 3.93. The van der Waals surface area contributed by atoms with E-state index in [1.165, 1.54) is 5.57 Å². The van der Waals surface area contributed by atoms with Gasteiger partial charge in [0.25, 0.3) is 0 Å². The molecule has 2 atom stereocenters. The van der Waals surface area contributed by atoms with E-state index in [2.05, 4.69) is 94.2 Å². The zero-order valence-electron chi connectivity index (χ0n) is 30.7. The van der Waals surface area contributed by atoms with Crippen molar-refractivity contribution in [1.82, 2.24) is 0 Å². The quantitative estimate of drug-likeness (QED) is 0.0651. The molecule has 0 heterocycles. The number of allylic oxidation sites excluding steroid dienone is 3. The lowest BCUT2D eigenvalue weighted by Crippen LogP contribution is -2.42. The van der Waals surface area contributed by atoms with Crippen molar-refractivity contribution in [2.24, 2.45) is 5.92 Å². The molecule has 0 saturated heterocycles. The lowest BCUT2D eigenvalue weighted by atomic mass is 9.73. The number of unbranched alkanes of at least 4 members (excludes halogenated alkanes) is 2. The highest BCUT2D eigenvalue weighted by atomic mass is 28.4. The van der Waals surface area contributed by atoms with Crippen LogP contribution >= 0.6 is 0 Å². The summed E-state index contributed by atoms with van der Waals surface area (Å²) in [6.45, 7) is 31.8. The lowest BCUT2D eigenvalue weighted by Gasteiger charge is -2.36. The number of hydrogen-bond acceptors (Lipinski definition) is 6. The normalized spacial score (nSPS) is 17.9. The van der Waals surface area contributed by atoms with Crippen LogP contribution < -0.4 is 9.47 Å². The molecule has 0 N–H and O–H groups in total. The van der Waals surface area contributed by atoms with Gasteiger partial charge in [-0.05, 0) is 99.4 Å². The molecule has 0 spiro atoms. The van der Waals surface area contributed by atoms with Gasteiger partial charge >= 0.3 is 11.9 Å². The van der Waals surface area contributed by atoms with Crippen molar-refractivity contribution in [1.29, 1.82) is 0 Å². The molecule has 0 aliphatic heterocycles. The molecule has 1 aromatic carbocycles. The third kappa shape index (κ3) is 11.0. The Balaban J connectivity index is 2.62. The molecular formula is C37H62O6Si2. The monoisotopic (exact) mass is 658 g/mol. The summed E-state index contributed by atoms with van der Waals surface area (Å²) in [5.74, 6) is -0.0793.